The van der Waals surface area contributed by atoms with E-state index in [4.69, 9.17) is 4.42 Å². The summed E-state index contributed by atoms with van der Waals surface area (Å²) >= 11 is 1.85. The first-order valence-electron chi connectivity index (χ1n) is 22.2. The van der Waals surface area contributed by atoms with Crippen LogP contribution in [0.5, 0.6) is 0 Å². The van der Waals surface area contributed by atoms with E-state index in [-0.39, 0.29) is 0 Å². The summed E-state index contributed by atoms with van der Waals surface area (Å²) in [6.07, 6.45) is 0. The lowest BCUT2D eigenvalue weighted by Crippen LogP contribution is -1.96. The summed E-state index contributed by atoms with van der Waals surface area (Å²) in [4.78, 5) is 0. The molecular formula is C60H35N3OS. The SMILES string of the molecule is c1ccc(-n2c3ccccc3c3c2ccc2c4ccc5c(c6ccccc6n5-c5ccc6oc7ccc(-c8ccc9sc%10ccccc%10c9c8)cc7c6c5)c4n(-c4ccccc4)c23)cc1. The maximum absolute atomic E-state index is 6.55. The first-order valence-corrected chi connectivity index (χ1v) is 23.0. The van der Waals surface area contributed by atoms with E-state index in [2.05, 4.69) is 226 Å². The molecule has 10 aromatic carbocycles. The maximum atomic E-state index is 6.55. The van der Waals surface area contributed by atoms with Gasteiger partial charge >= 0.3 is 0 Å². The number of hydrogen-bond acceptors (Lipinski definition) is 2. The third kappa shape index (κ3) is 4.85. The van der Waals surface area contributed by atoms with Crippen LogP contribution in [-0.4, -0.2) is 13.7 Å². The third-order valence-electron chi connectivity index (χ3n) is 13.8. The monoisotopic (exact) mass is 845 g/mol. The van der Waals surface area contributed by atoms with Gasteiger partial charge in [-0.25, -0.2) is 0 Å². The van der Waals surface area contributed by atoms with Crippen molar-refractivity contribution in [1.29, 1.82) is 0 Å². The molecule has 65 heavy (non-hydrogen) atoms. The fourth-order valence-corrected chi connectivity index (χ4v) is 12.1. The van der Waals surface area contributed by atoms with Crippen molar-refractivity contribution in [2.75, 3.05) is 0 Å². The largest absolute Gasteiger partial charge is 0.456 e. The molecule has 0 unspecified atom stereocenters. The van der Waals surface area contributed by atoms with Gasteiger partial charge in [0.15, 0.2) is 0 Å². The first kappa shape index (κ1) is 35.1. The Balaban J connectivity index is 1.00. The van der Waals surface area contributed by atoms with E-state index in [1.807, 2.05) is 11.3 Å². The van der Waals surface area contributed by atoms with Crippen LogP contribution in [0.15, 0.2) is 217 Å². The fourth-order valence-electron chi connectivity index (χ4n) is 11.1. The Morgan fingerprint density at radius 3 is 1.45 bits per heavy atom. The molecule has 302 valence electrons. The Bertz CT molecular complexity index is 4470. The van der Waals surface area contributed by atoms with Gasteiger partial charge in [0.25, 0.3) is 0 Å². The van der Waals surface area contributed by atoms with E-state index in [1.165, 1.54) is 85.7 Å². The van der Waals surface area contributed by atoms with Crippen LogP contribution in [0.25, 0.3) is 136 Å². The molecule has 0 radical (unpaired) electrons. The summed E-state index contributed by atoms with van der Waals surface area (Å²) in [6, 6.07) is 77.7. The molecule has 0 saturated carbocycles. The first-order chi connectivity index (χ1) is 32.2. The molecule has 0 aliphatic heterocycles. The average molecular weight is 846 g/mol. The normalized spacial score (nSPS) is 12.3. The van der Waals surface area contributed by atoms with E-state index in [0.717, 1.165) is 50.0 Å². The van der Waals surface area contributed by atoms with Crippen molar-refractivity contribution in [3.8, 4) is 28.2 Å². The summed E-state index contributed by atoms with van der Waals surface area (Å²) in [5, 5.41) is 12.2. The van der Waals surface area contributed by atoms with Crippen molar-refractivity contribution in [2.24, 2.45) is 0 Å². The number of aromatic nitrogens is 3. The highest BCUT2D eigenvalue weighted by molar-refractivity contribution is 7.25. The quantitative estimate of drug-likeness (QED) is 0.173. The van der Waals surface area contributed by atoms with Gasteiger partial charge in [0.2, 0.25) is 0 Å². The minimum atomic E-state index is 0.881. The minimum Gasteiger partial charge on any atom is -0.456 e. The number of nitrogens with zero attached hydrogens (tertiary/aromatic N) is 3. The molecule has 15 rings (SSSR count). The minimum absolute atomic E-state index is 0.881. The molecule has 0 aliphatic carbocycles. The highest BCUT2D eigenvalue weighted by atomic mass is 32.1. The Morgan fingerprint density at radius 2 is 0.785 bits per heavy atom. The van der Waals surface area contributed by atoms with E-state index in [1.54, 1.807) is 0 Å². The number of hydrogen-bond donors (Lipinski definition) is 0. The Labute approximate surface area is 375 Å². The van der Waals surface area contributed by atoms with Crippen molar-refractivity contribution >= 4 is 119 Å². The second-order valence-corrected chi connectivity index (χ2v) is 18.3. The van der Waals surface area contributed by atoms with Crippen molar-refractivity contribution in [3.05, 3.63) is 212 Å². The molecule has 5 aromatic heterocycles. The zero-order chi connectivity index (χ0) is 42.3. The van der Waals surface area contributed by atoms with Gasteiger partial charge in [0.1, 0.15) is 11.2 Å². The molecule has 0 atom stereocenters. The molecule has 0 fully saturated rings. The van der Waals surface area contributed by atoms with Gasteiger partial charge in [-0.2, -0.15) is 0 Å². The Kier molecular flexibility index (Phi) is 7.07. The summed E-state index contributed by atoms with van der Waals surface area (Å²) in [5.74, 6) is 0. The molecule has 0 N–H and O–H groups in total. The smallest absolute Gasteiger partial charge is 0.135 e. The molecule has 0 bridgehead atoms. The van der Waals surface area contributed by atoms with E-state index in [9.17, 15) is 0 Å². The second-order valence-electron chi connectivity index (χ2n) is 17.2. The van der Waals surface area contributed by atoms with Crippen LogP contribution in [0.1, 0.15) is 0 Å². The molecule has 15 aromatic rings. The van der Waals surface area contributed by atoms with E-state index in [0.29, 0.717) is 0 Å². The summed E-state index contributed by atoms with van der Waals surface area (Å²) < 4.78 is 16.6. The van der Waals surface area contributed by atoms with Crippen molar-refractivity contribution in [3.63, 3.8) is 0 Å². The molecule has 0 saturated heterocycles. The molecule has 5 heteroatoms. The van der Waals surface area contributed by atoms with Gasteiger partial charge in [-0.3, -0.25) is 0 Å². The second kappa shape index (κ2) is 13.1. The highest BCUT2D eigenvalue weighted by Gasteiger charge is 2.25. The number of fused-ring (bicyclic) bond motifs is 17. The van der Waals surface area contributed by atoms with Crippen LogP contribution < -0.4 is 0 Å². The maximum Gasteiger partial charge on any atom is 0.135 e. The number of para-hydroxylation sites is 4. The summed E-state index contributed by atoms with van der Waals surface area (Å²) in [6.45, 7) is 0. The van der Waals surface area contributed by atoms with Crippen LogP contribution >= 0.6 is 11.3 Å². The Morgan fingerprint density at radius 1 is 0.292 bits per heavy atom. The van der Waals surface area contributed by atoms with Gasteiger partial charge in [0.05, 0.1) is 33.1 Å². The van der Waals surface area contributed by atoms with Gasteiger partial charge < -0.3 is 18.1 Å². The van der Waals surface area contributed by atoms with Crippen LogP contribution in [0.4, 0.5) is 0 Å². The molecule has 4 nitrogen and oxygen atoms in total. The molecular weight excluding hydrogens is 811 g/mol. The zero-order valence-electron chi connectivity index (χ0n) is 34.9. The number of rotatable bonds is 4. The number of furan rings is 1. The van der Waals surface area contributed by atoms with Gasteiger partial charge in [-0.1, -0.05) is 115 Å². The number of thiophene rings is 1. The third-order valence-corrected chi connectivity index (χ3v) is 15.0. The molecule has 0 amide bonds. The van der Waals surface area contributed by atoms with Crippen LogP contribution in [0, 0.1) is 0 Å². The van der Waals surface area contributed by atoms with Gasteiger partial charge in [-0.05, 0) is 108 Å². The lowest BCUT2D eigenvalue weighted by molar-refractivity contribution is 0.669. The zero-order valence-corrected chi connectivity index (χ0v) is 35.7. The fraction of sp³-hybridized carbons (Fsp3) is 0. The topological polar surface area (TPSA) is 27.9 Å². The summed E-state index contributed by atoms with van der Waals surface area (Å²) in [7, 11) is 0. The molecule has 5 heterocycles. The predicted octanol–water partition coefficient (Wildman–Crippen LogP) is 16.9. The Hall–Kier alpha value is -8.38. The van der Waals surface area contributed by atoms with Crippen molar-refractivity contribution < 1.29 is 4.42 Å². The van der Waals surface area contributed by atoms with Crippen molar-refractivity contribution in [2.45, 2.75) is 0 Å². The van der Waals surface area contributed by atoms with Crippen LogP contribution in [-0.2, 0) is 0 Å². The average Bonchev–Trinajstić information content (AvgIpc) is 4.17. The van der Waals surface area contributed by atoms with Crippen LogP contribution in [0.3, 0.4) is 0 Å². The summed E-state index contributed by atoms with van der Waals surface area (Å²) in [5.41, 5.74) is 14.7. The lowest BCUT2D eigenvalue weighted by atomic mass is 10.0. The number of benzene rings is 10. The lowest BCUT2D eigenvalue weighted by Gasteiger charge is -2.11. The predicted molar refractivity (Wildman–Crippen MR) is 275 cm³/mol. The molecule has 0 spiro atoms. The van der Waals surface area contributed by atoms with E-state index >= 15 is 0 Å². The van der Waals surface area contributed by atoms with Gasteiger partial charge in [0, 0.05) is 80.3 Å². The van der Waals surface area contributed by atoms with Gasteiger partial charge in [-0.15, -0.1) is 11.3 Å². The van der Waals surface area contributed by atoms with E-state index < -0.39 is 0 Å². The highest BCUT2D eigenvalue weighted by Crippen LogP contribution is 2.47. The van der Waals surface area contributed by atoms with Crippen LogP contribution in [0.2, 0.25) is 0 Å². The van der Waals surface area contributed by atoms with Crippen molar-refractivity contribution in [1.82, 2.24) is 13.7 Å². The standard InChI is InChI=1S/C60H35N3OS/c1-3-13-38(14-4-1)61-49-20-10-7-18-44(49)57-51(61)28-26-42-43-27-29-52-58(60(43)63(59(42)57)39-15-5-2-6-16-39)45-19-8-11-21-50(45)62(52)40-25-31-54-47(35-40)46-33-36(23-30-53(46)64-54)37-24-32-56-48(34-37)41-17-9-12-22-55(41)65-56/h1-35H. The molecule has 0 aliphatic rings.